The van der Waals surface area contributed by atoms with E-state index in [1.807, 2.05) is 0 Å². The van der Waals surface area contributed by atoms with Crippen LogP contribution in [0, 0.1) is 0 Å². The fraction of sp³-hybridized carbons (Fsp3) is 0. The van der Waals surface area contributed by atoms with Crippen LogP contribution in [0.4, 0.5) is 11.4 Å². The van der Waals surface area contributed by atoms with Crippen molar-refractivity contribution in [1.29, 1.82) is 0 Å². The van der Waals surface area contributed by atoms with E-state index in [1.165, 1.54) is 24.3 Å². The first-order valence-corrected chi connectivity index (χ1v) is 11.1. The normalized spacial score (nSPS) is 11.7. The maximum atomic E-state index is 12.5. The molecule has 0 radical (unpaired) electrons. The number of aromatic hydroxyl groups is 4. The van der Waals surface area contributed by atoms with Crippen molar-refractivity contribution in [3.63, 3.8) is 0 Å². The summed E-state index contributed by atoms with van der Waals surface area (Å²) in [6.07, 6.45) is 0. The summed E-state index contributed by atoms with van der Waals surface area (Å²) in [5.41, 5.74) is 0.0487. The van der Waals surface area contributed by atoms with Crippen molar-refractivity contribution in [3.8, 4) is 23.0 Å². The predicted octanol–water partition coefficient (Wildman–Crippen LogP) is 2.11. The van der Waals surface area contributed by atoms with Gasteiger partial charge in [-0.15, -0.1) is 0 Å². The quantitative estimate of drug-likeness (QED) is 0.308. The third-order valence-electron chi connectivity index (χ3n) is 3.88. The van der Waals surface area contributed by atoms with Gasteiger partial charge in [-0.05, 0) is 42.5 Å². The minimum Gasteiger partial charge on any atom is -0.504 e. The van der Waals surface area contributed by atoms with E-state index in [0.29, 0.717) is 0 Å². The molecule has 0 amide bonds. The van der Waals surface area contributed by atoms with Crippen LogP contribution >= 0.6 is 0 Å². The van der Waals surface area contributed by atoms with Crippen LogP contribution in [0.2, 0.25) is 0 Å². The molecule has 0 fully saturated rings. The third-order valence-corrected chi connectivity index (χ3v) is 6.64. The molecule has 0 saturated heterocycles. The molecule has 0 aliphatic heterocycles. The maximum Gasteiger partial charge on any atom is 0.262 e. The summed E-state index contributed by atoms with van der Waals surface area (Å²) in [5.74, 6) is -2.19. The highest BCUT2D eigenvalue weighted by Crippen LogP contribution is 2.30. The van der Waals surface area contributed by atoms with Crippen molar-refractivity contribution < 1.29 is 37.3 Å². The Morgan fingerprint density at radius 1 is 0.533 bits per heavy atom. The lowest BCUT2D eigenvalue weighted by atomic mass is 10.3. The number of nitrogens with one attached hydrogen (secondary N) is 2. The molecule has 30 heavy (non-hydrogen) atoms. The molecule has 0 spiro atoms. The Bertz CT molecular complexity index is 1220. The van der Waals surface area contributed by atoms with Crippen molar-refractivity contribution in [1.82, 2.24) is 0 Å². The summed E-state index contributed by atoms with van der Waals surface area (Å²) in [5, 5.41) is 37.6. The van der Waals surface area contributed by atoms with Gasteiger partial charge in [-0.3, -0.25) is 9.44 Å². The maximum absolute atomic E-state index is 12.5. The molecule has 0 aliphatic rings. The molecule has 0 saturated carbocycles. The number of rotatable bonds is 6. The molecule has 12 heteroatoms. The number of sulfonamides is 2. The lowest BCUT2D eigenvalue weighted by Gasteiger charge is -2.12. The smallest absolute Gasteiger partial charge is 0.262 e. The monoisotopic (exact) mass is 452 g/mol. The van der Waals surface area contributed by atoms with Gasteiger partial charge in [-0.2, -0.15) is 0 Å². The number of phenols is 4. The van der Waals surface area contributed by atoms with Crippen LogP contribution in [-0.2, 0) is 20.0 Å². The van der Waals surface area contributed by atoms with Crippen molar-refractivity contribution >= 4 is 31.4 Å². The van der Waals surface area contributed by atoms with Gasteiger partial charge in [0.05, 0.1) is 21.2 Å². The zero-order chi connectivity index (χ0) is 22.1. The van der Waals surface area contributed by atoms with Gasteiger partial charge in [0, 0.05) is 12.1 Å². The van der Waals surface area contributed by atoms with Crippen LogP contribution in [0.1, 0.15) is 0 Å². The van der Waals surface area contributed by atoms with E-state index in [9.17, 15) is 37.3 Å². The Kier molecular flexibility index (Phi) is 5.37. The van der Waals surface area contributed by atoms with Gasteiger partial charge in [-0.1, -0.05) is 6.07 Å². The van der Waals surface area contributed by atoms with E-state index >= 15 is 0 Å². The minimum atomic E-state index is -4.13. The molecular weight excluding hydrogens is 436 g/mol. The van der Waals surface area contributed by atoms with Crippen molar-refractivity contribution in [2.45, 2.75) is 9.79 Å². The summed E-state index contributed by atoms with van der Waals surface area (Å²) in [6, 6.07) is 11.3. The van der Waals surface area contributed by atoms with Gasteiger partial charge in [0.15, 0.2) is 23.0 Å². The highest BCUT2D eigenvalue weighted by Gasteiger charge is 2.19. The predicted molar refractivity (Wildman–Crippen MR) is 108 cm³/mol. The van der Waals surface area contributed by atoms with E-state index in [1.54, 1.807) is 0 Å². The SMILES string of the molecule is O=S(=O)(Nc1cccc(NS(=O)(=O)c2ccc(O)c(O)c2)c1)c1ccc(O)c(O)c1. The summed E-state index contributed by atoms with van der Waals surface area (Å²) in [7, 11) is -8.27. The number of anilines is 2. The van der Waals surface area contributed by atoms with Gasteiger partial charge in [-0.25, -0.2) is 16.8 Å². The first kappa shape index (κ1) is 21.1. The lowest BCUT2D eigenvalue weighted by molar-refractivity contribution is 0.402. The average molecular weight is 452 g/mol. The Labute approximate surface area is 171 Å². The first-order chi connectivity index (χ1) is 14.0. The topological polar surface area (TPSA) is 173 Å². The van der Waals surface area contributed by atoms with Crippen LogP contribution in [0.5, 0.6) is 23.0 Å². The fourth-order valence-corrected chi connectivity index (χ4v) is 4.55. The van der Waals surface area contributed by atoms with Gasteiger partial charge < -0.3 is 20.4 Å². The van der Waals surface area contributed by atoms with Gasteiger partial charge in [0.1, 0.15) is 0 Å². The van der Waals surface area contributed by atoms with Gasteiger partial charge in [0.25, 0.3) is 20.0 Å². The van der Waals surface area contributed by atoms with Crippen LogP contribution in [0.3, 0.4) is 0 Å². The zero-order valence-electron chi connectivity index (χ0n) is 15.0. The second-order valence-corrected chi connectivity index (χ2v) is 9.46. The van der Waals surface area contributed by atoms with Crippen LogP contribution < -0.4 is 9.44 Å². The Morgan fingerprint density at radius 3 is 1.30 bits per heavy atom. The van der Waals surface area contributed by atoms with Crippen molar-refractivity contribution in [2.24, 2.45) is 0 Å². The van der Waals surface area contributed by atoms with Crippen LogP contribution in [-0.4, -0.2) is 37.3 Å². The van der Waals surface area contributed by atoms with Crippen molar-refractivity contribution in [3.05, 3.63) is 60.7 Å². The Hall–Kier alpha value is -3.64. The summed E-state index contributed by atoms with van der Waals surface area (Å²) in [4.78, 5) is -0.633. The largest absolute Gasteiger partial charge is 0.504 e. The lowest BCUT2D eigenvalue weighted by Crippen LogP contribution is -2.15. The molecule has 6 N–H and O–H groups in total. The second-order valence-electron chi connectivity index (χ2n) is 6.09. The highest BCUT2D eigenvalue weighted by molar-refractivity contribution is 7.93. The third kappa shape index (κ3) is 4.50. The molecule has 0 aliphatic carbocycles. The van der Waals surface area contributed by atoms with E-state index in [-0.39, 0.29) is 21.2 Å². The molecule has 0 unspecified atom stereocenters. The zero-order valence-corrected chi connectivity index (χ0v) is 16.6. The molecule has 0 bridgehead atoms. The van der Waals surface area contributed by atoms with Crippen LogP contribution in [0.15, 0.2) is 70.5 Å². The highest BCUT2D eigenvalue weighted by atomic mass is 32.2. The van der Waals surface area contributed by atoms with Gasteiger partial charge >= 0.3 is 0 Å². The van der Waals surface area contributed by atoms with Crippen molar-refractivity contribution in [2.75, 3.05) is 9.44 Å². The number of phenolic OH excluding ortho intramolecular Hbond substituents is 4. The van der Waals surface area contributed by atoms with E-state index in [2.05, 4.69) is 9.44 Å². The number of benzene rings is 3. The Balaban J connectivity index is 1.85. The Morgan fingerprint density at radius 2 is 0.933 bits per heavy atom. The minimum absolute atomic E-state index is 0.0244. The average Bonchev–Trinajstić information content (AvgIpc) is 2.65. The van der Waals surface area contributed by atoms with Gasteiger partial charge in [0.2, 0.25) is 0 Å². The molecule has 0 atom stereocenters. The molecule has 0 aromatic heterocycles. The molecule has 3 rings (SSSR count). The molecule has 10 nitrogen and oxygen atoms in total. The molecule has 158 valence electrons. The van der Waals surface area contributed by atoms with E-state index in [4.69, 9.17) is 0 Å². The summed E-state index contributed by atoms with van der Waals surface area (Å²) < 4.78 is 54.3. The fourth-order valence-electron chi connectivity index (χ4n) is 2.42. The standard InChI is InChI=1S/C18H16N2O8S2/c21-15-6-4-13(9-17(15)23)29(25,26)19-11-2-1-3-12(8-11)20-30(27,28)14-5-7-16(22)18(24)10-14/h1-10,19-24H. The van der Waals surface area contributed by atoms with Crippen LogP contribution in [0.25, 0.3) is 0 Å². The molecule has 3 aromatic rings. The van der Waals surface area contributed by atoms with E-state index < -0.39 is 43.0 Å². The molecular formula is C18H16N2O8S2. The number of hydrogen-bond donors (Lipinski definition) is 6. The summed E-state index contributed by atoms with van der Waals surface area (Å²) >= 11 is 0. The molecule has 3 aromatic carbocycles. The second kappa shape index (κ2) is 7.65. The molecule has 0 heterocycles. The first-order valence-electron chi connectivity index (χ1n) is 8.18. The number of hydrogen-bond acceptors (Lipinski definition) is 8. The van der Waals surface area contributed by atoms with E-state index in [0.717, 1.165) is 36.4 Å². The summed E-state index contributed by atoms with van der Waals surface area (Å²) in [6.45, 7) is 0.